The van der Waals surface area contributed by atoms with Crippen LogP contribution in [0, 0.1) is 22.7 Å². The lowest BCUT2D eigenvalue weighted by Gasteiger charge is -2.58. The number of esters is 1. The van der Waals surface area contributed by atoms with E-state index >= 15 is 0 Å². The van der Waals surface area contributed by atoms with E-state index in [1.807, 2.05) is 0 Å². The maximum absolute atomic E-state index is 12.7. The number of allylic oxidation sites excluding steroid dienone is 1. The van der Waals surface area contributed by atoms with E-state index in [1.54, 1.807) is 0 Å². The Morgan fingerprint density at radius 3 is 2.52 bits per heavy atom. The summed E-state index contributed by atoms with van der Waals surface area (Å²) in [6.45, 7) is 11.4. The Labute approximate surface area is 139 Å². The Morgan fingerprint density at radius 1 is 1.17 bits per heavy atom. The lowest BCUT2D eigenvalue weighted by molar-refractivity contribution is -0.161. The first-order valence-corrected chi connectivity index (χ1v) is 9.27. The predicted molar refractivity (Wildman–Crippen MR) is 88.9 cm³/mol. The van der Waals surface area contributed by atoms with Crippen LogP contribution in [0.1, 0.15) is 66.7 Å². The molecule has 2 aliphatic heterocycles. The van der Waals surface area contributed by atoms with Crippen LogP contribution < -0.4 is 0 Å². The third-order valence-electron chi connectivity index (χ3n) is 7.78. The van der Waals surface area contributed by atoms with Gasteiger partial charge < -0.3 is 9.47 Å². The van der Waals surface area contributed by atoms with Gasteiger partial charge in [-0.3, -0.25) is 0 Å². The monoisotopic (exact) mass is 318 g/mol. The van der Waals surface area contributed by atoms with E-state index in [1.165, 1.54) is 19.3 Å². The molecule has 2 aliphatic carbocycles. The quantitative estimate of drug-likeness (QED) is 0.536. The minimum absolute atomic E-state index is 0.0850. The fraction of sp³-hybridized carbons (Fsp3) is 0.850. The molecule has 1 saturated carbocycles. The summed E-state index contributed by atoms with van der Waals surface area (Å²) >= 11 is 0. The summed E-state index contributed by atoms with van der Waals surface area (Å²) in [6.07, 6.45) is 8.07. The Morgan fingerprint density at radius 2 is 1.87 bits per heavy atom. The molecule has 4 rings (SSSR count). The Hall–Kier alpha value is -0.830. The lowest BCUT2D eigenvalue weighted by atomic mass is 9.47. The zero-order chi connectivity index (χ0) is 16.6. The van der Waals surface area contributed by atoms with Gasteiger partial charge in [0.25, 0.3) is 0 Å². The fourth-order valence-corrected chi connectivity index (χ4v) is 6.03. The summed E-state index contributed by atoms with van der Waals surface area (Å²) in [5.41, 5.74) is 1.26. The van der Waals surface area contributed by atoms with Crippen molar-refractivity contribution in [3.8, 4) is 0 Å². The van der Waals surface area contributed by atoms with Crippen molar-refractivity contribution in [3.05, 3.63) is 11.6 Å². The average Bonchev–Trinajstić information content (AvgIpc) is 3.07. The summed E-state index contributed by atoms with van der Waals surface area (Å²) in [5, 5.41) is 0. The van der Waals surface area contributed by atoms with Gasteiger partial charge in [-0.05, 0) is 62.2 Å². The highest BCUT2D eigenvalue weighted by Crippen LogP contribution is 2.62. The van der Waals surface area contributed by atoms with E-state index in [9.17, 15) is 4.79 Å². The summed E-state index contributed by atoms with van der Waals surface area (Å²) in [4.78, 5) is 12.7. The maximum atomic E-state index is 12.7. The highest BCUT2D eigenvalue weighted by molar-refractivity contribution is 5.90. The van der Waals surface area contributed by atoms with Crippen molar-refractivity contribution in [2.75, 3.05) is 0 Å². The normalized spacial score (nSPS) is 51.2. The number of hydrogen-bond acceptors (Lipinski definition) is 3. The van der Waals surface area contributed by atoms with Crippen LogP contribution >= 0.6 is 0 Å². The third-order valence-corrected chi connectivity index (χ3v) is 7.78. The Balaban J connectivity index is 1.70. The van der Waals surface area contributed by atoms with Gasteiger partial charge in [0.2, 0.25) is 0 Å². The highest BCUT2D eigenvalue weighted by Gasteiger charge is 2.62. The molecule has 0 aromatic carbocycles. The molecule has 0 radical (unpaired) electrons. The van der Waals surface area contributed by atoms with Gasteiger partial charge in [0.05, 0.1) is 6.10 Å². The standard InChI is InChI=1S/C20H30O3/c1-12-20(5,23-12)16-11-14-13(17(21)22-16)7-8-15-18(2,3)9-6-10-19(14,15)4/h7,12,14-16H,6,8-11H2,1-5H3/t12?,14-,15-,16?,19+,20?/m0/s1. The summed E-state index contributed by atoms with van der Waals surface area (Å²) < 4.78 is 11.6. The molecule has 0 amide bonds. The maximum Gasteiger partial charge on any atom is 0.334 e. The van der Waals surface area contributed by atoms with Gasteiger partial charge in [0.15, 0.2) is 0 Å². The number of epoxide rings is 1. The van der Waals surface area contributed by atoms with Gasteiger partial charge in [-0.2, -0.15) is 0 Å². The van der Waals surface area contributed by atoms with Crippen LogP contribution in [0.25, 0.3) is 0 Å². The second-order valence-corrected chi connectivity index (χ2v) is 9.42. The highest BCUT2D eigenvalue weighted by atomic mass is 16.6. The average molecular weight is 318 g/mol. The van der Waals surface area contributed by atoms with E-state index < -0.39 is 0 Å². The van der Waals surface area contributed by atoms with Crippen molar-refractivity contribution in [2.24, 2.45) is 22.7 Å². The van der Waals surface area contributed by atoms with Crippen molar-refractivity contribution < 1.29 is 14.3 Å². The molecule has 2 saturated heterocycles. The van der Waals surface area contributed by atoms with Gasteiger partial charge >= 0.3 is 5.97 Å². The van der Waals surface area contributed by atoms with Crippen LogP contribution in [0.15, 0.2) is 11.6 Å². The second kappa shape index (κ2) is 4.62. The number of hydrogen-bond donors (Lipinski definition) is 0. The molecular weight excluding hydrogens is 288 g/mol. The van der Waals surface area contributed by atoms with Crippen molar-refractivity contribution >= 4 is 5.97 Å². The summed E-state index contributed by atoms with van der Waals surface area (Å²) in [6, 6.07) is 0. The van der Waals surface area contributed by atoms with Crippen molar-refractivity contribution in [2.45, 2.75) is 84.5 Å². The molecule has 23 heavy (non-hydrogen) atoms. The lowest BCUT2D eigenvalue weighted by Crippen LogP contribution is -2.54. The zero-order valence-corrected chi connectivity index (χ0v) is 15.1. The van der Waals surface area contributed by atoms with Crippen LogP contribution in [0.2, 0.25) is 0 Å². The molecule has 0 bridgehead atoms. The molecule has 3 heteroatoms. The van der Waals surface area contributed by atoms with Crippen molar-refractivity contribution in [1.29, 1.82) is 0 Å². The van der Waals surface area contributed by atoms with Gasteiger partial charge in [-0.15, -0.1) is 0 Å². The van der Waals surface area contributed by atoms with Crippen LogP contribution in [0.4, 0.5) is 0 Å². The molecule has 3 fully saturated rings. The molecule has 0 aromatic heterocycles. The molecule has 3 nitrogen and oxygen atoms in total. The van der Waals surface area contributed by atoms with Crippen LogP contribution in [-0.2, 0) is 14.3 Å². The van der Waals surface area contributed by atoms with Gasteiger partial charge in [-0.25, -0.2) is 4.79 Å². The third kappa shape index (κ3) is 2.08. The van der Waals surface area contributed by atoms with Crippen molar-refractivity contribution in [3.63, 3.8) is 0 Å². The predicted octanol–water partition coefficient (Wildman–Crippen LogP) is 4.26. The minimum Gasteiger partial charge on any atom is -0.456 e. The molecule has 3 unspecified atom stereocenters. The Kier molecular flexibility index (Phi) is 3.15. The first-order chi connectivity index (χ1) is 10.7. The van der Waals surface area contributed by atoms with Crippen LogP contribution in [0.3, 0.4) is 0 Å². The topological polar surface area (TPSA) is 38.8 Å². The zero-order valence-electron chi connectivity index (χ0n) is 15.1. The summed E-state index contributed by atoms with van der Waals surface area (Å²) in [7, 11) is 0. The molecule has 4 aliphatic rings. The van der Waals surface area contributed by atoms with E-state index in [2.05, 4.69) is 40.7 Å². The van der Waals surface area contributed by atoms with E-state index in [4.69, 9.17) is 9.47 Å². The number of carbonyl (C=O) groups is 1. The van der Waals surface area contributed by atoms with Crippen molar-refractivity contribution in [1.82, 2.24) is 0 Å². The summed E-state index contributed by atoms with van der Waals surface area (Å²) in [5.74, 6) is 0.910. The number of cyclic esters (lactones) is 1. The molecule has 0 N–H and O–H groups in total. The molecule has 2 heterocycles. The molecule has 0 aromatic rings. The van der Waals surface area contributed by atoms with Gasteiger partial charge in [0.1, 0.15) is 11.7 Å². The number of ether oxygens (including phenoxy) is 2. The second-order valence-electron chi connectivity index (χ2n) is 9.42. The Bertz CT molecular complexity index is 577. The van der Waals surface area contributed by atoms with Gasteiger partial charge in [-0.1, -0.05) is 33.3 Å². The van der Waals surface area contributed by atoms with Gasteiger partial charge in [0, 0.05) is 5.57 Å². The van der Waals surface area contributed by atoms with E-state index in [0.29, 0.717) is 17.3 Å². The first-order valence-electron chi connectivity index (χ1n) is 9.27. The number of rotatable bonds is 1. The molecule has 128 valence electrons. The van der Waals surface area contributed by atoms with E-state index in [-0.39, 0.29) is 29.2 Å². The number of carbonyl (C=O) groups excluding carboxylic acids is 1. The van der Waals surface area contributed by atoms with E-state index in [0.717, 1.165) is 18.4 Å². The van der Waals surface area contributed by atoms with Crippen LogP contribution in [-0.4, -0.2) is 23.8 Å². The first kappa shape index (κ1) is 15.7. The molecule has 6 atom stereocenters. The molecular formula is C20H30O3. The fourth-order valence-electron chi connectivity index (χ4n) is 6.03. The molecule has 0 spiro atoms. The van der Waals surface area contributed by atoms with Crippen LogP contribution in [0.5, 0.6) is 0 Å². The minimum atomic E-state index is -0.269. The smallest absolute Gasteiger partial charge is 0.334 e. The largest absolute Gasteiger partial charge is 0.456 e. The SMILES string of the molecule is CC1OC1(C)C1C[C@H]2C(=CC[C@H]3C(C)(C)CCC[C@]23C)C(=O)O1. The number of fused-ring (bicyclic) bond motifs is 3.